The number of aryl methyl sites for hydroxylation is 1. The van der Waals surface area contributed by atoms with E-state index in [0.29, 0.717) is 34.9 Å². The molecular formula is C18H20N2O6S2. The van der Waals surface area contributed by atoms with Gasteiger partial charge in [-0.25, -0.2) is 8.42 Å². The number of nitrogens with zero attached hydrogens (tertiary/aromatic N) is 2. The lowest BCUT2D eigenvalue weighted by Crippen LogP contribution is -2.30. The van der Waals surface area contributed by atoms with E-state index in [1.165, 1.54) is 42.4 Å². The van der Waals surface area contributed by atoms with Gasteiger partial charge >= 0.3 is 0 Å². The van der Waals surface area contributed by atoms with Crippen LogP contribution in [0.25, 0.3) is 0 Å². The summed E-state index contributed by atoms with van der Waals surface area (Å²) in [7, 11) is -0.886. The summed E-state index contributed by atoms with van der Waals surface area (Å²) in [6.07, 6.45) is 0. The van der Waals surface area contributed by atoms with Crippen molar-refractivity contribution in [1.82, 2.24) is 4.31 Å². The van der Waals surface area contributed by atoms with Crippen LogP contribution in [0, 0.1) is 17.0 Å². The van der Waals surface area contributed by atoms with Gasteiger partial charge in [0.15, 0.2) is 0 Å². The molecule has 2 aromatic rings. The molecule has 0 amide bonds. The lowest BCUT2D eigenvalue weighted by atomic mass is 10.2. The number of sulfonamides is 1. The Balaban J connectivity index is 2.06. The lowest BCUT2D eigenvalue weighted by Gasteiger charge is -2.25. The van der Waals surface area contributed by atoms with E-state index in [4.69, 9.17) is 9.47 Å². The van der Waals surface area contributed by atoms with E-state index >= 15 is 0 Å². The zero-order valence-electron chi connectivity index (χ0n) is 15.6. The van der Waals surface area contributed by atoms with Gasteiger partial charge in [-0.2, -0.15) is 4.31 Å². The Hall–Kier alpha value is -2.30. The van der Waals surface area contributed by atoms with Crippen LogP contribution in [0.15, 0.2) is 41.3 Å². The average molecular weight is 425 g/mol. The molecular weight excluding hydrogens is 404 g/mol. The highest BCUT2D eigenvalue weighted by Crippen LogP contribution is 2.45. The standard InChI is InChI=1S/C18H20N2O6S2/c1-12-4-6-14(11-16(12)20(21)22)28(23,24)19-8-9-27-18(19)15-10-13(25-2)5-7-17(15)26-3/h4-7,10-11,18H,8-9H2,1-3H3/t18-/m0/s1. The number of benzene rings is 2. The largest absolute Gasteiger partial charge is 0.497 e. The van der Waals surface area contributed by atoms with E-state index < -0.39 is 20.3 Å². The molecule has 0 saturated carbocycles. The lowest BCUT2D eigenvalue weighted by molar-refractivity contribution is -0.385. The summed E-state index contributed by atoms with van der Waals surface area (Å²) >= 11 is 1.46. The van der Waals surface area contributed by atoms with E-state index in [9.17, 15) is 18.5 Å². The van der Waals surface area contributed by atoms with Crippen LogP contribution in [0.5, 0.6) is 11.5 Å². The smallest absolute Gasteiger partial charge is 0.273 e. The average Bonchev–Trinajstić information content (AvgIpc) is 3.18. The predicted molar refractivity (Wildman–Crippen MR) is 106 cm³/mol. The highest BCUT2D eigenvalue weighted by atomic mass is 32.2. The maximum Gasteiger partial charge on any atom is 0.273 e. The van der Waals surface area contributed by atoms with Crippen LogP contribution < -0.4 is 9.47 Å². The number of methoxy groups -OCH3 is 2. The first-order valence-corrected chi connectivity index (χ1v) is 10.9. The molecule has 8 nitrogen and oxygen atoms in total. The number of rotatable bonds is 6. The molecule has 3 rings (SSSR count). The summed E-state index contributed by atoms with van der Waals surface area (Å²) in [6, 6.07) is 9.20. The molecule has 0 aromatic heterocycles. The molecule has 0 radical (unpaired) electrons. The summed E-state index contributed by atoms with van der Waals surface area (Å²) in [4.78, 5) is 10.6. The molecule has 0 unspecified atom stereocenters. The van der Waals surface area contributed by atoms with Gasteiger partial charge in [0.25, 0.3) is 5.69 Å². The van der Waals surface area contributed by atoms with Crippen molar-refractivity contribution in [2.24, 2.45) is 0 Å². The van der Waals surface area contributed by atoms with E-state index in [1.54, 1.807) is 25.1 Å². The van der Waals surface area contributed by atoms with E-state index in [2.05, 4.69) is 0 Å². The van der Waals surface area contributed by atoms with Crippen LogP contribution in [-0.4, -0.2) is 44.2 Å². The number of hydrogen-bond donors (Lipinski definition) is 0. The van der Waals surface area contributed by atoms with Crippen molar-refractivity contribution < 1.29 is 22.8 Å². The van der Waals surface area contributed by atoms with E-state index in [1.807, 2.05) is 0 Å². The number of ether oxygens (including phenoxy) is 2. The van der Waals surface area contributed by atoms with E-state index in [0.717, 1.165) is 6.07 Å². The molecule has 1 heterocycles. The zero-order valence-corrected chi connectivity index (χ0v) is 17.2. The highest BCUT2D eigenvalue weighted by molar-refractivity contribution is 8.01. The van der Waals surface area contributed by atoms with E-state index in [-0.39, 0.29) is 10.6 Å². The zero-order chi connectivity index (χ0) is 20.5. The van der Waals surface area contributed by atoms with Gasteiger partial charge in [-0.05, 0) is 31.2 Å². The quantitative estimate of drug-likeness (QED) is 0.518. The second-order valence-electron chi connectivity index (χ2n) is 6.15. The summed E-state index contributed by atoms with van der Waals surface area (Å²) in [5, 5.41) is 10.7. The normalized spacial score (nSPS) is 17.5. The molecule has 10 heteroatoms. The number of thioether (sulfide) groups is 1. The Morgan fingerprint density at radius 1 is 1.18 bits per heavy atom. The van der Waals surface area contributed by atoms with Crippen LogP contribution in [0.1, 0.15) is 16.5 Å². The Kier molecular flexibility index (Phi) is 5.82. The summed E-state index contributed by atoms with van der Waals surface area (Å²) in [6.45, 7) is 1.86. The number of nitro groups is 1. The van der Waals surface area contributed by atoms with Gasteiger partial charge in [0.1, 0.15) is 11.5 Å². The van der Waals surface area contributed by atoms with Crippen molar-refractivity contribution in [3.05, 3.63) is 57.6 Å². The third kappa shape index (κ3) is 3.67. The van der Waals surface area contributed by atoms with Crippen molar-refractivity contribution >= 4 is 27.5 Å². The van der Waals surface area contributed by atoms with Crippen LogP contribution in [0.3, 0.4) is 0 Å². The first kappa shape index (κ1) is 20.4. The Morgan fingerprint density at radius 2 is 1.93 bits per heavy atom. The van der Waals surface area contributed by atoms with Crippen molar-refractivity contribution in [3.8, 4) is 11.5 Å². The molecule has 0 aliphatic carbocycles. The Labute approximate surface area is 167 Å². The summed E-state index contributed by atoms with van der Waals surface area (Å²) in [5.74, 6) is 1.74. The fourth-order valence-electron chi connectivity index (χ4n) is 3.06. The second kappa shape index (κ2) is 7.98. The minimum Gasteiger partial charge on any atom is -0.497 e. The Morgan fingerprint density at radius 3 is 2.57 bits per heavy atom. The van der Waals surface area contributed by atoms with Gasteiger partial charge in [-0.3, -0.25) is 10.1 Å². The topological polar surface area (TPSA) is 99.0 Å². The molecule has 2 aromatic carbocycles. The van der Waals surface area contributed by atoms with Crippen molar-refractivity contribution in [3.63, 3.8) is 0 Å². The van der Waals surface area contributed by atoms with Crippen LogP contribution in [-0.2, 0) is 10.0 Å². The minimum atomic E-state index is -3.94. The molecule has 150 valence electrons. The van der Waals surface area contributed by atoms with Gasteiger partial charge in [-0.15, -0.1) is 11.8 Å². The molecule has 0 spiro atoms. The van der Waals surface area contributed by atoms with Crippen molar-refractivity contribution in [2.75, 3.05) is 26.5 Å². The van der Waals surface area contributed by atoms with Gasteiger partial charge in [0.05, 0.1) is 29.4 Å². The fraction of sp³-hybridized carbons (Fsp3) is 0.333. The maximum atomic E-state index is 13.3. The molecule has 1 atom stereocenters. The van der Waals surface area contributed by atoms with Gasteiger partial charge in [-0.1, -0.05) is 6.07 Å². The monoisotopic (exact) mass is 424 g/mol. The molecule has 1 fully saturated rings. The van der Waals surface area contributed by atoms with Gasteiger partial charge in [0, 0.05) is 29.5 Å². The van der Waals surface area contributed by atoms with Crippen LogP contribution in [0.4, 0.5) is 5.69 Å². The molecule has 28 heavy (non-hydrogen) atoms. The third-order valence-corrected chi connectivity index (χ3v) is 7.77. The first-order chi connectivity index (χ1) is 13.3. The predicted octanol–water partition coefficient (Wildman–Crippen LogP) is 3.36. The first-order valence-electron chi connectivity index (χ1n) is 8.40. The SMILES string of the molecule is COc1ccc(OC)c([C@@H]2SCCN2S(=O)(=O)c2ccc(C)c([N+](=O)[O-])c2)c1. The van der Waals surface area contributed by atoms with Crippen LogP contribution >= 0.6 is 11.8 Å². The fourth-order valence-corrected chi connectivity index (χ4v) is 6.33. The molecule has 1 saturated heterocycles. The van der Waals surface area contributed by atoms with Crippen molar-refractivity contribution in [2.45, 2.75) is 17.2 Å². The number of nitro benzene ring substituents is 1. The van der Waals surface area contributed by atoms with Gasteiger partial charge in [0.2, 0.25) is 10.0 Å². The summed E-state index contributed by atoms with van der Waals surface area (Å²) < 4.78 is 38.6. The number of hydrogen-bond acceptors (Lipinski definition) is 7. The van der Waals surface area contributed by atoms with Gasteiger partial charge < -0.3 is 9.47 Å². The molecule has 1 aliphatic heterocycles. The second-order valence-corrected chi connectivity index (χ2v) is 9.23. The minimum absolute atomic E-state index is 0.0980. The molecule has 1 aliphatic rings. The molecule has 0 bridgehead atoms. The third-order valence-electron chi connectivity index (χ3n) is 4.54. The van der Waals surface area contributed by atoms with Crippen molar-refractivity contribution in [1.29, 1.82) is 0 Å². The molecule has 0 N–H and O–H groups in total. The maximum absolute atomic E-state index is 13.3. The Bertz CT molecular complexity index is 1010. The van der Waals surface area contributed by atoms with Crippen LogP contribution in [0.2, 0.25) is 0 Å². The highest BCUT2D eigenvalue weighted by Gasteiger charge is 2.39. The summed E-state index contributed by atoms with van der Waals surface area (Å²) in [5.41, 5.74) is 0.865.